The first-order chi connectivity index (χ1) is 5.25. The zero-order valence-electron chi connectivity index (χ0n) is 7.38. The van der Waals surface area contributed by atoms with Gasteiger partial charge < -0.3 is 9.80 Å². The smallest absolute Gasteiger partial charge is 0.104 e. The van der Waals surface area contributed by atoms with Crippen molar-refractivity contribution in [3.63, 3.8) is 0 Å². The Hall–Kier alpha value is -0.920. The van der Waals surface area contributed by atoms with Crippen LogP contribution in [-0.2, 0) is 0 Å². The highest BCUT2D eigenvalue weighted by atomic mass is 15.3. The SMILES string of the molecule is C=C1N(C)C=CN1CCCC. The van der Waals surface area contributed by atoms with Gasteiger partial charge in [-0.3, -0.25) is 0 Å². The van der Waals surface area contributed by atoms with Gasteiger partial charge in [-0.25, -0.2) is 0 Å². The summed E-state index contributed by atoms with van der Waals surface area (Å²) in [6.45, 7) is 7.25. The zero-order chi connectivity index (χ0) is 8.27. The van der Waals surface area contributed by atoms with Gasteiger partial charge in [0.1, 0.15) is 5.82 Å². The Morgan fingerprint density at radius 3 is 2.64 bits per heavy atom. The molecule has 0 aromatic rings. The van der Waals surface area contributed by atoms with Crippen molar-refractivity contribution in [2.24, 2.45) is 0 Å². The second-order valence-corrected chi connectivity index (χ2v) is 2.87. The fraction of sp³-hybridized carbons (Fsp3) is 0.556. The molecule has 0 fully saturated rings. The van der Waals surface area contributed by atoms with Gasteiger partial charge in [0.05, 0.1) is 0 Å². The van der Waals surface area contributed by atoms with Crippen LogP contribution in [0.3, 0.4) is 0 Å². The molecule has 1 heterocycles. The van der Waals surface area contributed by atoms with Gasteiger partial charge in [0.25, 0.3) is 0 Å². The van der Waals surface area contributed by atoms with E-state index in [0.29, 0.717) is 0 Å². The molecule has 0 aromatic heterocycles. The number of nitrogens with zero attached hydrogens (tertiary/aromatic N) is 2. The molecule has 11 heavy (non-hydrogen) atoms. The standard InChI is InChI=1S/C9H16N2/c1-4-5-6-11-8-7-10(3)9(11)2/h7-8H,2,4-6H2,1,3H3. The van der Waals surface area contributed by atoms with Crippen molar-refractivity contribution in [2.45, 2.75) is 19.8 Å². The van der Waals surface area contributed by atoms with Gasteiger partial charge in [0.15, 0.2) is 0 Å². The van der Waals surface area contributed by atoms with Crippen molar-refractivity contribution in [3.05, 3.63) is 24.8 Å². The highest BCUT2D eigenvalue weighted by Crippen LogP contribution is 2.15. The van der Waals surface area contributed by atoms with E-state index in [1.165, 1.54) is 12.8 Å². The average Bonchev–Trinajstić information content (AvgIpc) is 2.31. The molecule has 0 aliphatic carbocycles. The van der Waals surface area contributed by atoms with Crippen LogP contribution >= 0.6 is 0 Å². The van der Waals surface area contributed by atoms with Gasteiger partial charge in [0, 0.05) is 26.0 Å². The van der Waals surface area contributed by atoms with E-state index in [2.05, 4.69) is 24.6 Å². The van der Waals surface area contributed by atoms with Crippen LogP contribution in [-0.4, -0.2) is 23.4 Å². The third-order valence-electron chi connectivity index (χ3n) is 1.96. The first-order valence-electron chi connectivity index (χ1n) is 4.12. The third kappa shape index (κ3) is 1.76. The Bertz CT molecular complexity index is 172. The Labute approximate surface area is 68.8 Å². The molecule has 1 aliphatic rings. The van der Waals surface area contributed by atoms with Crippen LogP contribution < -0.4 is 0 Å². The highest BCUT2D eigenvalue weighted by Gasteiger charge is 2.11. The van der Waals surface area contributed by atoms with Crippen molar-refractivity contribution in [1.82, 2.24) is 9.80 Å². The lowest BCUT2D eigenvalue weighted by Gasteiger charge is -2.20. The molecule has 1 rings (SSSR count). The maximum Gasteiger partial charge on any atom is 0.104 e. The van der Waals surface area contributed by atoms with E-state index in [9.17, 15) is 0 Å². The quantitative estimate of drug-likeness (QED) is 0.610. The molecule has 2 heteroatoms. The maximum atomic E-state index is 3.96. The molecule has 62 valence electrons. The fourth-order valence-electron chi connectivity index (χ4n) is 1.09. The molecular weight excluding hydrogens is 136 g/mol. The van der Waals surface area contributed by atoms with E-state index in [1.807, 2.05) is 18.1 Å². The topological polar surface area (TPSA) is 6.48 Å². The molecule has 0 amide bonds. The minimum Gasteiger partial charge on any atom is -0.337 e. The summed E-state index contributed by atoms with van der Waals surface area (Å²) >= 11 is 0. The lowest BCUT2D eigenvalue weighted by atomic mass is 10.3. The predicted octanol–water partition coefficient (Wildman–Crippen LogP) is 1.98. The van der Waals surface area contributed by atoms with Gasteiger partial charge >= 0.3 is 0 Å². The molecular formula is C9H16N2. The highest BCUT2D eigenvalue weighted by molar-refractivity contribution is 5.09. The third-order valence-corrected chi connectivity index (χ3v) is 1.96. The summed E-state index contributed by atoms with van der Waals surface area (Å²) < 4.78 is 0. The van der Waals surface area contributed by atoms with Crippen molar-refractivity contribution in [2.75, 3.05) is 13.6 Å². The lowest BCUT2D eigenvalue weighted by Crippen LogP contribution is -2.19. The Kier molecular flexibility index (Phi) is 2.58. The first-order valence-corrected chi connectivity index (χ1v) is 4.12. The molecule has 1 aliphatic heterocycles. The molecule has 0 saturated carbocycles. The van der Waals surface area contributed by atoms with Crippen LogP contribution in [0.4, 0.5) is 0 Å². The summed E-state index contributed by atoms with van der Waals surface area (Å²) in [4.78, 5) is 4.22. The van der Waals surface area contributed by atoms with Crippen molar-refractivity contribution >= 4 is 0 Å². The molecule has 0 bridgehead atoms. The van der Waals surface area contributed by atoms with Crippen LogP contribution in [0.1, 0.15) is 19.8 Å². The monoisotopic (exact) mass is 152 g/mol. The second kappa shape index (κ2) is 3.46. The predicted molar refractivity (Wildman–Crippen MR) is 47.7 cm³/mol. The normalized spacial score (nSPS) is 16.7. The Balaban J connectivity index is 2.37. The van der Waals surface area contributed by atoms with Crippen LogP contribution in [0.2, 0.25) is 0 Å². The van der Waals surface area contributed by atoms with Gasteiger partial charge in [0.2, 0.25) is 0 Å². The summed E-state index contributed by atoms with van der Waals surface area (Å²) in [7, 11) is 2.02. The summed E-state index contributed by atoms with van der Waals surface area (Å²) in [6, 6.07) is 0. The van der Waals surface area contributed by atoms with E-state index >= 15 is 0 Å². The summed E-state index contributed by atoms with van der Waals surface area (Å²) in [5.41, 5.74) is 0. The summed E-state index contributed by atoms with van der Waals surface area (Å²) in [5.74, 6) is 1.08. The van der Waals surface area contributed by atoms with Gasteiger partial charge in [-0.2, -0.15) is 0 Å². The van der Waals surface area contributed by atoms with E-state index < -0.39 is 0 Å². The first kappa shape index (κ1) is 8.18. The lowest BCUT2D eigenvalue weighted by molar-refractivity contribution is 0.387. The van der Waals surface area contributed by atoms with Crippen molar-refractivity contribution < 1.29 is 0 Å². The molecule has 0 aromatic carbocycles. The Morgan fingerprint density at radius 1 is 1.45 bits per heavy atom. The van der Waals surface area contributed by atoms with Crippen LogP contribution in [0, 0.1) is 0 Å². The molecule has 0 N–H and O–H groups in total. The molecule has 0 unspecified atom stereocenters. The number of rotatable bonds is 3. The number of hydrogen-bond acceptors (Lipinski definition) is 2. The molecule has 0 atom stereocenters. The van der Waals surface area contributed by atoms with Gasteiger partial charge in [-0.05, 0) is 6.42 Å². The molecule has 0 spiro atoms. The number of unbranched alkanes of at least 4 members (excludes halogenated alkanes) is 1. The fourth-order valence-corrected chi connectivity index (χ4v) is 1.09. The molecule has 0 radical (unpaired) electrons. The van der Waals surface area contributed by atoms with Gasteiger partial charge in [-0.1, -0.05) is 19.9 Å². The van der Waals surface area contributed by atoms with Crippen LogP contribution in [0.5, 0.6) is 0 Å². The number of hydrogen-bond donors (Lipinski definition) is 0. The minimum atomic E-state index is 1.08. The molecule has 0 saturated heterocycles. The van der Waals surface area contributed by atoms with E-state index in [0.717, 1.165) is 12.4 Å². The van der Waals surface area contributed by atoms with E-state index in [1.54, 1.807) is 0 Å². The molecule has 2 nitrogen and oxygen atoms in total. The van der Waals surface area contributed by atoms with Crippen LogP contribution in [0.25, 0.3) is 0 Å². The zero-order valence-corrected chi connectivity index (χ0v) is 7.38. The maximum absolute atomic E-state index is 3.96. The minimum absolute atomic E-state index is 1.08. The van der Waals surface area contributed by atoms with E-state index in [-0.39, 0.29) is 0 Å². The van der Waals surface area contributed by atoms with Crippen LogP contribution in [0.15, 0.2) is 24.8 Å². The largest absolute Gasteiger partial charge is 0.337 e. The van der Waals surface area contributed by atoms with Crippen molar-refractivity contribution in [1.29, 1.82) is 0 Å². The summed E-state index contributed by atoms with van der Waals surface area (Å²) in [6.07, 6.45) is 6.59. The Morgan fingerprint density at radius 2 is 2.18 bits per heavy atom. The average molecular weight is 152 g/mol. The van der Waals surface area contributed by atoms with Crippen molar-refractivity contribution in [3.8, 4) is 0 Å². The summed E-state index contributed by atoms with van der Waals surface area (Å²) in [5, 5.41) is 0. The second-order valence-electron chi connectivity index (χ2n) is 2.87. The van der Waals surface area contributed by atoms with Gasteiger partial charge in [-0.15, -0.1) is 0 Å². The van der Waals surface area contributed by atoms with E-state index in [4.69, 9.17) is 0 Å².